The van der Waals surface area contributed by atoms with E-state index in [1.807, 2.05) is 62.6 Å². The Hall–Kier alpha value is -4.02. The van der Waals surface area contributed by atoms with E-state index in [-0.39, 0.29) is 23.9 Å². The maximum absolute atomic E-state index is 13.6. The van der Waals surface area contributed by atoms with Crippen molar-refractivity contribution in [2.45, 2.75) is 31.5 Å². The van der Waals surface area contributed by atoms with Crippen LogP contribution < -0.4 is 10.6 Å². The third-order valence-corrected chi connectivity index (χ3v) is 8.22. The van der Waals surface area contributed by atoms with E-state index >= 15 is 0 Å². The minimum atomic E-state index is -0.173. The van der Waals surface area contributed by atoms with Gasteiger partial charge in [-0.25, -0.2) is 9.97 Å². The number of nitrogens with zero attached hydrogens (tertiary/aromatic N) is 6. The van der Waals surface area contributed by atoms with Crippen molar-refractivity contribution in [3.63, 3.8) is 0 Å². The molecule has 2 fully saturated rings. The fourth-order valence-corrected chi connectivity index (χ4v) is 5.75. The Morgan fingerprint density at radius 3 is 2.76 bits per heavy atom. The van der Waals surface area contributed by atoms with Crippen molar-refractivity contribution in [3.8, 4) is 11.5 Å². The standard InChI is InChI=1S/C31H38N8O2/c1-36(2)14-6-8-28(40)34-24-17-32-18-27(24)38(4)31(41)22-11-12-25-23(15-22)35-30(37(25)3)26-16-21-7-5-13-33-29(21)39(26)19-20-9-10-20/h5-8,11-13,15-16,20,24,27,32H,9-10,14,17-19H2,1-4H3,(H,34,40)/b8-6+/t24-,27-/m0/s1. The van der Waals surface area contributed by atoms with Gasteiger partial charge in [-0.05, 0) is 69.3 Å². The molecule has 0 radical (unpaired) electrons. The molecule has 1 saturated carbocycles. The second-order valence-electron chi connectivity index (χ2n) is 11.6. The first kappa shape index (κ1) is 27.2. The molecule has 4 aromatic rings. The molecular formula is C31H38N8O2. The molecule has 6 rings (SSSR count). The predicted molar refractivity (Wildman–Crippen MR) is 161 cm³/mol. The Balaban J connectivity index is 1.24. The quantitative estimate of drug-likeness (QED) is 0.309. The van der Waals surface area contributed by atoms with E-state index in [1.165, 1.54) is 12.8 Å². The van der Waals surface area contributed by atoms with Crippen LogP contribution >= 0.6 is 0 Å². The SMILES string of the molecule is CN(C)C/C=C/C(=O)N[C@H]1CNC[C@@H]1N(C)C(=O)c1ccc2c(c1)nc(-c1cc3cccnc3n1CC1CC1)n2C. The summed E-state index contributed by atoms with van der Waals surface area (Å²) in [5.74, 6) is 1.31. The number of imidazole rings is 1. The van der Waals surface area contributed by atoms with E-state index in [0.29, 0.717) is 31.1 Å². The number of aromatic nitrogens is 4. The molecule has 2 atom stereocenters. The summed E-state index contributed by atoms with van der Waals surface area (Å²) < 4.78 is 4.40. The fraction of sp³-hybridized carbons (Fsp3) is 0.419. The number of carbonyl (C=O) groups is 2. The largest absolute Gasteiger partial charge is 0.346 e. The Kier molecular flexibility index (Phi) is 7.35. The first-order valence-electron chi connectivity index (χ1n) is 14.3. The van der Waals surface area contributed by atoms with E-state index in [2.05, 4.69) is 36.9 Å². The summed E-state index contributed by atoms with van der Waals surface area (Å²) in [6, 6.07) is 11.6. The molecule has 214 valence electrons. The van der Waals surface area contributed by atoms with Crippen LogP contribution in [0.25, 0.3) is 33.6 Å². The smallest absolute Gasteiger partial charge is 0.254 e. The number of aryl methyl sites for hydroxylation is 1. The summed E-state index contributed by atoms with van der Waals surface area (Å²) in [6.07, 6.45) is 7.74. The summed E-state index contributed by atoms with van der Waals surface area (Å²) in [7, 11) is 7.73. The van der Waals surface area contributed by atoms with Gasteiger partial charge >= 0.3 is 0 Å². The van der Waals surface area contributed by atoms with Gasteiger partial charge in [-0.1, -0.05) is 6.08 Å². The molecule has 2 amide bonds. The number of nitrogens with one attached hydrogen (secondary N) is 2. The van der Waals surface area contributed by atoms with E-state index < -0.39 is 0 Å². The highest BCUT2D eigenvalue weighted by atomic mass is 16.2. The molecule has 1 aliphatic carbocycles. The Morgan fingerprint density at radius 2 is 1.98 bits per heavy atom. The predicted octanol–water partition coefficient (Wildman–Crippen LogP) is 2.65. The second-order valence-corrected chi connectivity index (χ2v) is 11.6. The van der Waals surface area contributed by atoms with Crippen LogP contribution in [0.3, 0.4) is 0 Å². The average Bonchev–Trinajstić information content (AvgIpc) is 3.39. The van der Waals surface area contributed by atoms with E-state index in [0.717, 1.165) is 40.1 Å². The second kappa shape index (κ2) is 11.1. The normalized spacial score (nSPS) is 19.1. The van der Waals surface area contributed by atoms with Crippen LogP contribution in [0.2, 0.25) is 0 Å². The number of hydrogen-bond donors (Lipinski definition) is 2. The minimum absolute atomic E-state index is 0.0951. The van der Waals surface area contributed by atoms with Crippen LogP contribution in [-0.4, -0.2) is 93.6 Å². The highest BCUT2D eigenvalue weighted by molar-refractivity contribution is 5.98. The molecule has 0 unspecified atom stereocenters. The van der Waals surface area contributed by atoms with Crippen LogP contribution in [-0.2, 0) is 18.4 Å². The summed E-state index contributed by atoms with van der Waals surface area (Å²) >= 11 is 0. The van der Waals surface area contributed by atoms with E-state index in [9.17, 15) is 9.59 Å². The molecule has 1 aliphatic heterocycles. The molecule has 0 spiro atoms. The molecule has 2 N–H and O–H groups in total. The third-order valence-electron chi connectivity index (χ3n) is 8.22. The molecular weight excluding hydrogens is 516 g/mol. The molecule has 1 saturated heterocycles. The fourth-order valence-electron chi connectivity index (χ4n) is 5.75. The zero-order valence-corrected chi connectivity index (χ0v) is 24.2. The maximum atomic E-state index is 13.6. The molecule has 3 aromatic heterocycles. The van der Waals surface area contributed by atoms with Gasteiger partial charge in [0.05, 0.1) is 28.8 Å². The Morgan fingerprint density at radius 1 is 1.15 bits per heavy atom. The molecule has 0 bridgehead atoms. The van der Waals surface area contributed by atoms with Crippen molar-refractivity contribution >= 4 is 33.9 Å². The van der Waals surface area contributed by atoms with Crippen LogP contribution in [0.4, 0.5) is 0 Å². The third kappa shape index (κ3) is 5.49. The van der Waals surface area contributed by atoms with E-state index in [4.69, 9.17) is 4.98 Å². The lowest BCUT2D eigenvalue weighted by Crippen LogP contribution is -2.51. The van der Waals surface area contributed by atoms with Gasteiger partial charge in [0.15, 0.2) is 5.82 Å². The van der Waals surface area contributed by atoms with Crippen molar-refractivity contribution in [2.24, 2.45) is 13.0 Å². The minimum Gasteiger partial charge on any atom is -0.346 e. The van der Waals surface area contributed by atoms with Gasteiger partial charge in [0.2, 0.25) is 5.91 Å². The number of benzene rings is 1. The number of likely N-dealkylation sites (N-methyl/N-ethyl adjacent to an activating group) is 2. The summed E-state index contributed by atoms with van der Waals surface area (Å²) in [5.41, 5.74) is 4.35. The topological polar surface area (TPSA) is 100 Å². The lowest BCUT2D eigenvalue weighted by molar-refractivity contribution is -0.117. The van der Waals surface area contributed by atoms with Gasteiger partial charge in [-0.15, -0.1) is 0 Å². The van der Waals surface area contributed by atoms with Crippen LogP contribution in [0.5, 0.6) is 0 Å². The van der Waals surface area contributed by atoms with E-state index in [1.54, 1.807) is 18.0 Å². The molecule has 2 aliphatic rings. The number of hydrogen-bond acceptors (Lipinski definition) is 6. The molecule has 41 heavy (non-hydrogen) atoms. The van der Waals surface area contributed by atoms with Crippen molar-refractivity contribution < 1.29 is 9.59 Å². The number of rotatable bonds is 9. The lowest BCUT2D eigenvalue weighted by Gasteiger charge is -2.29. The highest BCUT2D eigenvalue weighted by Gasteiger charge is 2.34. The maximum Gasteiger partial charge on any atom is 0.254 e. The van der Waals surface area contributed by atoms with Crippen molar-refractivity contribution in [3.05, 3.63) is 60.3 Å². The zero-order valence-electron chi connectivity index (χ0n) is 24.2. The summed E-state index contributed by atoms with van der Waals surface area (Å²) in [4.78, 5) is 39.5. The van der Waals surface area contributed by atoms with Crippen LogP contribution in [0.1, 0.15) is 23.2 Å². The number of fused-ring (bicyclic) bond motifs is 2. The molecule has 4 heterocycles. The van der Waals surface area contributed by atoms with Gasteiger partial charge in [0.1, 0.15) is 5.65 Å². The molecule has 1 aromatic carbocycles. The van der Waals surface area contributed by atoms with Crippen molar-refractivity contribution in [1.82, 2.24) is 39.5 Å². The molecule has 10 heteroatoms. The highest BCUT2D eigenvalue weighted by Crippen LogP contribution is 2.36. The van der Waals surface area contributed by atoms with Gasteiger partial charge in [0, 0.05) is 63.5 Å². The summed E-state index contributed by atoms with van der Waals surface area (Å²) in [5, 5.41) is 7.48. The van der Waals surface area contributed by atoms with Gasteiger partial charge in [-0.3, -0.25) is 9.59 Å². The number of pyridine rings is 1. The molecule has 10 nitrogen and oxygen atoms in total. The number of amides is 2. The van der Waals surface area contributed by atoms with Gasteiger partial charge in [-0.2, -0.15) is 0 Å². The first-order valence-corrected chi connectivity index (χ1v) is 14.3. The van der Waals surface area contributed by atoms with Crippen LogP contribution in [0, 0.1) is 5.92 Å². The number of carbonyl (C=O) groups excluding carboxylic acids is 2. The Labute approximate surface area is 240 Å². The summed E-state index contributed by atoms with van der Waals surface area (Å²) in [6.45, 7) is 2.85. The lowest BCUT2D eigenvalue weighted by atomic mass is 10.1. The van der Waals surface area contributed by atoms with Crippen molar-refractivity contribution in [2.75, 3.05) is 40.8 Å². The zero-order chi connectivity index (χ0) is 28.7. The first-order chi connectivity index (χ1) is 19.8. The van der Waals surface area contributed by atoms with Crippen molar-refractivity contribution in [1.29, 1.82) is 0 Å². The Bertz CT molecular complexity index is 1630. The van der Waals surface area contributed by atoms with Crippen LogP contribution in [0.15, 0.2) is 54.7 Å². The van der Waals surface area contributed by atoms with Gasteiger partial charge < -0.3 is 29.6 Å². The monoisotopic (exact) mass is 554 g/mol. The average molecular weight is 555 g/mol. The van der Waals surface area contributed by atoms with Gasteiger partial charge in [0.25, 0.3) is 5.91 Å².